The molecule has 0 atom stereocenters. The van der Waals surface area contributed by atoms with Crippen LogP contribution in [0.4, 0.5) is 13.2 Å². The van der Waals surface area contributed by atoms with Gasteiger partial charge in [0.25, 0.3) is 0 Å². The fraction of sp³-hybridized carbons (Fsp3) is 1.00. The minimum absolute atomic E-state index is 0.356. The minimum atomic E-state index is -6.71. The standard InChI is InChI=1S/C6H14F3O6PS/c1-4-13-16(10,14-5-2,6(7,8)9)15-17(3,11)12/h10H,4-5H2,1-3H3. The average molecular weight is 302 g/mol. The van der Waals surface area contributed by atoms with Crippen LogP contribution in [-0.2, 0) is 23.1 Å². The van der Waals surface area contributed by atoms with E-state index in [0.29, 0.717) is 6.26 Å². The van der Waals surface area contributed by atoms with Gasteiger partial charge in [0.15, 0.2) is 0 Å². The summed E-state index contributed by atoms with van der Waals surface area (Å²) in [7, 11) is -11.3. The van der Waals surface area contributed by atoms with Gasteiger partial charge in [0.05, 0.1) is 0 Å². The maximum atomic E-state index is 12.8. The van der Waals surface area contributed by atoms with Gasteiger partial charge in [0.2, 0.25) is 0 Å². The van der Waals surface area contributed by atoms with Crippen LogP contribution in [0.1, 0.15) is 13.8 Å². The molecular weight excluding hydrogens is 288 g/mol. The molecule has 106 valence electrons. The van der Waals surface area contributed by atoms with E-state index in [9.17, 15) is 26.5 Å². The molecule has 0 saturated heterocycles. The number of hydrogen-bond donors (Lipinski definition) is 1. The third kappa shape index (κ3) is 3.73. The van der Waals surface area contributed by atoms with Crippen LogP contribution in [0.2, 0.25) is 0 Å². The summed E-state index contributed by atoms with van der Waals surface area (Å²) < 4.78 is 72.2. The van der Waals surface area contributed by atoms with Crippen molar-refractivity contribution in [3.05, 3.63) is 0 Å². The summed E-state index contributed by atoms with van der Waals surface area (Å²) in [6.07, 6.45) is 0.356. The van der Waals surface area contributed by atoms with Crippen LogP contribution in [0.15, 0.2) is 0 Å². The molecule has 0 saturated carbocycles. The normalized spacial score (nSPS) is 16.5. The predicted octanol–water partition coefficient (Wildman–Crippen LogP) is 1.76. The van der Waals surface area contributed by atoms with Gasteiger partial charge >= 0.3 is 96.4 Å². The van der Waals surface area contributed by atoms with Crippen molar-refractivity contribution in [1.29, 1.82) is 0 Å². The Morgan fingerprint density at radius 1 is 1.18 bits per heavy atom. The van der Waals surface area contributed by atoms with Crippen LogP contribution >= 0.6 is 7.51 Å². The van der Waals surface area contributed by atoms with Crippen molar-refractivity contribution in [2.45, 2.75) is 19.8 Å². The molecule has 0 bridgehead atoms. The molecule has 0 aliphatic heterocycles. The van der Waals surface area contributed by atoms with Crippen LogP contribution in [-0.4, -0.2) is 38.7 Å². The van der Waals surface area contributed by atoms with Crippen molar-refractivity contribution in [2.24, 2.45) is 0 Å². The van der Waals surface area contributed by atoms with E-state index in [-0.39, 0.29) is 0 Å². The van der Waals surface area contributed by atoms with Gasteiger partial charge in [-0.25, -0.2) is 0 Å². The number of rotatable bonds is 6. The van der Waals surface area contributed by atoms with E-state index in [1.807, 2.05) is 0 Å². The van der Waals surface area contributed by atoms with Crippen LogP contribution in [0, 0.1) is 0 Å². The molecule has 17 heavy (non-hydrogen) atoms. The second-order valence-electron chi connectivity index (χ2n) is 2.92. The molecular formula is C6H14F3O6PS. The quantitative estimate of drug-likeness (QED) is 0.753. The van der Waals surface area contributed by atoms with E-state index >= 15 is 0 Å². The van der Waals surface area contributed by atoms with Crippen molar-refractivity contribution in [1.82, 2.24) is 0 Å². The molecule has 0 rings (SSSR count). The topological polar surface area (TPSA) is 82.1 Å². The van der Waals surface area contributed by atoms with Gasteiger partial charge < -0.3 is 0 Å². The van der Waals surface area contributed by atoms with Crippen LogP contribution in [0.5, 0.6) is 0 Å². The Labute approximate surface area is 97.0 Å². The summed E-state index contributed by atoms with van der Waals surface area (Å²) in [6.45, 7) is 0.995. The zero-order valence-corrected chi connectivity index (χ0v) is 11.1. The maximum absolute atomic E-state index is 12.8. The van der Waals surface area contributed by atoms with Gasteiger partial charge in [-0.15, -0.1) is 0 Å². The molecule has 0 aliphatic carbocycles. The van der Waals surface area contributed by atoms with E-state index < -0.39 is 36.8 Å². The Bertz CT molecular complexity index is 360. The molecule has 0 amide bonds. The fourth-order valence-electron chi connectivity index (χ4n) is 0.963. The molecule has 0 aromatic rings. The average Bonchev–Trinajstić information content (AvgIpc) is 1.98. The molecule has 1 N–H and O–H groups in total. The van der Waals surface area contributed by atoms with Crippen molar-refractivity contribution < 1.29 is 39.5 Å². The summed E-state index contributed by atoms with van der Waals surface area (Å²) in [5.41, 5.74) is 0. The molecule has 0 aromatic heterocycles. The Hall–Kier alpha value is 0.0100. The van der Waals surface area contributed by atoms with E-state index in [4.69, 9.17) is 0 Å². The van der Waals surface area contributed by atoms with Crippen LogP contribution < -0.4 is 0 Å². The van der Waals surface area contributed by atoms with Crippen molar-refractivity contribution in [2.75, 3.05) is 19.5 Å². The molecule has 0 unspecified atom stereocenters. The Morgan fingerprint density at radius 2 is 1.53 bits per heavy atom. The van der Waals surface area contributed by atoms with Gasteiger partial charge in [-0.05, 0) is 0 Å². The Balaban J connectivity index is 5.74. The number of halogens is 3. The molecule has 0 spiro atoms. The van der Waals surface area contributed by atoms with Crippen LogP contribution in [0.25, 0.3) is 0 Å². The van der Waals surface area contributed by atoms with Crippen LogP contribution in [0.3, 0.4) is 0 Å². The first-order valence-electron chi connectivity index (χ1n) is 4.44. The molecule has 0 heterocycles. The van der Waals surface area contributed by atoms with E-state index in [1.165, 1.54) is 0 Å². The Kier molecular flexibility index (Phi) is 4.95. The van der Waals surface area contributed by atoms with E-state index in [2.05, 4.69) is 13.0 Å². The fourth-order valence-corrected chi connectivity index (χ4v) is 4.83. The van der Waals surface area contributed by atoms with Crippen molar-refractivity contribution >= 4 is 17.6 Å². The van der Waals surface area contributed by atoms with Gasteiger partial charge in [-0.1, -0.05) is 0 Å². The summed E-state index contributed by atoms with van der Waals surface area (Å²) >= 11 is 0. The molecule has 0 radical (unpaired) electrons. The van der Waals surface area contributed by atoms with Crippen molar-refractivity contribution in [3.63, 3.8) is 0 Å². The van der Waals surface area contributed by atoms with Gasteiger partial charge in [-0.3, -0.25) is 0 Å². The molecule has 0 aromatic carbocycles. The number of hydrogen-bond acceptors (Lipinski definition) is 6. The SMILES string of the molecule is CCOP(O)(OCC)(OS(C)(=O)=O)C(F)(F)F. The third-order valence-corrected chi connectivity index (χ3v) is 5.81. The summed E-state index contributed by atoms with van der Waals surface area (Å²) in [5, 5.41) is 0. The second kappa shape index (κ2) is 4.94. The van der Waals surface area contributed by atoms with Gasteiger partial charge in [0.1, 0.15) is 0 Å². The predicted molar refractivity (Wildman–Crippen MR) is 54.4 cm³/mol. The molecule has 6 nitrogen and oxygen atoms in total. The van der Waals surface area contributed by atoms with E-state index in [0.717, 1.165) is 13.8 Å². The first-order valence-corrected chi connectivity index (χ1v) is 8.20. The molecule has 0 aliphatic rings. The summed E-state index contributed by atoms with van der Waals surface area (Å²) in [6, 6.07) is 0. The molecule has 11 heteroatoms. The number of alkyl halides is 3. The first-order chi connectivity index (χ1) is 7.39. The summed E-state index contributed by atoms with van der Waals surface area (Å²) in [4.78, 5) is 9.61. The molecule has 0 fully saturated rings. The Morgan fingerprint density at radius 3 is 1.71 bits per heavy atom. The van der Waals surface area contributed by atoms with E-state index in [1.54, 1.807) is 0 Å². The van der Waals surface area contributed by atoms with Gasteiger partial charge in [0, 0.05) is 0 Å². The first kappa shape index (κ1) is 17.0. The summed E-state index contributed by atoms with van der Waals surface area (Å²) in [5.74, 6) is -5.50. The zero-order chi connectivity index (χ0) is 14.0. The van der Waals surface area contributed by atoms with Crippen molar-refractivity contribution in [3.8, 4) is 0 Å². The monoisotopic (exact) mass is 302 g/mol. The van der Waals surface area contributed by atoms with Gasteiger partial charge in [-0.2, -0.15) is 0 Å². The zero-order valence-electron chi connectivity index (χ0n) is 9.39. The second-order valence-corrected chi connectivity index (χ2v) is 7.64. The third-order valence-electron chi connectivity index (χ3n) is 1.40.